The van der Waals surface area contributed by atoms with Crippen LogP contribution in [0.1, 0.15) is 11.1 Å². The fourth-order valence-corrected chi connectivity index (χ4v) is 2.12. The van der Waals surface area contributed by atoms with Gasteiger partial charge in [-0.1, -0.05) is 6.07 Å². The van der Waals surface area contributed by atoms with E-state index in [1.54, 1.807) is 12.1 Å². The SMILES string of the molecule is Oc1ccc(CNc2cc(C(F)(F)F)ccc2F)cc1Br. The van der Waals surface area contributed by atoms with Gasteiger partial charge in [-0.2, -0.15) is 13.2 Å². The Labute approximate surface area is 126 Å². The number of alkyl halides is 3. The van der Waals surface area contributed by atoms with Crippen molar-refractivity contribution in [3.63, 3.8) is 0 Å². The molecule has 21 heavy (non-hydrogen) atoms. The van der Waals surface area contributed by atoms with E-state index in [-0.39, 0.29) is 18.0 Å². The molecule has 2 nitrogen and oxygen atoms in total. The second-order valence-electron chi connectivity index (χ2n) is 4.33. The summed E-state index contributed by atoms with van der Waals surface area (Å²) in [5.41, 5.74) is -0.469. The van der Waals surface area contributed by atoms with E-state index in [4.69, 9.17) is 0 Å². The number of hydrogen-bond donors (Lipinski definition) is 2. The molecule has 2 rings (SSSR count). The maximum absolute atomic E-state index is 13.5. The Kier molecular flexibility index (Phi) is 4.41. The van der Waals surface area contributed by atoms with Crippen molar-refractivity contribution in [3.05, 3.63) is 57.8 Å². The third kappa shape index (κ3) is 3.87. The molecule has 0 aliphatic carbocycles. The fourth-order valence-electron chi connectivity index (χ4n) is 1.69. The van der Waals surface area contributed by atoms with E-state index in [2.05, 4.69) is 21.2 Å². The lowest BCUT2D eigenvalue weighted by molar-refractivity contribution is -0.137. The van der Waals surface area contributed by atoms with Crippen molar-refractivity contribution in [2.24, 2.45) is 0 Å². The van der Waals surface area contributed by atoms with Crippen LogP contribution in [0.4, 0.5) is 23.2 Å². The van der Waals surface area contributed by atoms with Gasteiger partial charge in [0.2, 0.25) is 0 Å². The second kappa shape index (κ2) is 5.93. The third-order valence-corrected chi connectivity index (χ3v) is 3.42. The molecule has 0 saturated heterocycles. The van der Waals surface area contributed by atoms with Crippen LogP contribution in [0.3, 0.4) is 0 Å². The lowest BCUT2D eigenvalue weighted by Crippen LogP contribution is -2.08. The predicted octanol–water partition coefficient (Wildman–Crippen LogP) is 4.92. The average molecular weight is 364 g/mol. The number of benzene rings is 2. The normalized spacial score (nSPS) is 11.5. The first-order valence-electron chi connectivity index (χ1n) is 5.85. The van der Waals surface area contributed by atoms with Crippen LogP contribution in [0.25, 0.3) is 0 Å². The smallest absolute Gasteiger partial charge is 0.416 e. The van der Waals surface area contributed by atoms with Crippen molar-refractivity contribution < 1.29 is 22.7 Å². The molecular formula is C14H10BrF4NO. The van der Waals surface area contributed by atoms with Crippen LogP contribution < -0.4 is 5.32 Å². The minimum Gasteiger partial charge on any atom is -0.507 e. The summed E-state index contributed by atoms with van der Waals surface area (Å²) in [6, 6.07) is 6.80. The molecule has 0 aromatic heterocycles. The van der Waals surface area contributed by atoms with Gasteiger partial charge >= 0.3 is 6.18 Å². The van der Waals surface area contributed by atoms with Crippen LogP contribution >= 0.6 is 15.9 Å². The van der Waals surface area contributed by atoms with Crippen molar-refractivity contribution >= 4 is 21.6 Å². The van der Waals surface area contributed by atoms with Gasteiger partial charge in [0.25, 0.3) is 0 Å². The number of rotatable bonds is 3. The van der Waals surface area contributed by atoms with Crippen molar-refractivity contribution in [1.82, 2.24) is 0 Å². The molecule has 0 unspecified atom stereocenters. The van der Waals surface area contributed by atoms with Gasteiger partial charge in [0, 0.05) is 6.54 Å². The number of phenolic OH excluding ortho intramolecular Hbond substituents is 1. The van der Waals surface area contributed by atoms with E-state index in [1.165, 1.54) is 6.07 Å². The Bertz CT molecular complexity index is 658. The number of anilines is 1. The molecule has 0 atom stereocenters. The molecule has 0 aliphatic heterocycles. The number of aromatic hydroxyl groups is 1. The third-order valence-electron chi connectivity index (χ3n) is 2.79. The van der Waals surface area contributed by atoms with Gasteiger partial charge in [0.15, 0.2) is 0 Å². The minimum atomic E-state index is -4.52. The molecule has 0 heterocycles. The van der Waals surface area contributed by atoms with E-state index >= 15 is 0 Å². The molecule has 0 fully saturated rings. The van der Waals surface area contributed by atoms with Crippen LogP contribution in [-0.4, -0.2) is 5.11 Å². The zero-order chi connectivity index (χ0) is 15.6. The van der Waals surface area contributed by atoms with E-state index in [0.717, 1.165) is 12.1 Å². The van der Waals surface area contributed by atoms with Crippen LogP contribution in [-0.2, 0) is 12.7 Å². The summed E-state index contributed by atoms with van der Waals surface area (Å²) in [7, 11) is 0. The Morgan fingerprint density at radius 2 is 1.81 bits per heavy atom. The molecule has 0 radical (unpaired) electrons. The summed E-state index contributed by atoms with van der Waals surface area (Å²) in [6.45, 7) is 0.122. The Morgan fingerprint density at radius 1 is 1.10 bits per heavy atom. The highest BCUT2D eigenvalue weighted by Gasteiger charge is 2.31. The molecule has 112 valence electrons. The predicted molar refractivity (Wildman–Crippen MR) is 74.5 cm³/mol. The highest BCUT2D eigenvalue weighted by atomic mass is 79.9. The standard InChI is InChI=1S/C14H10BrF4NO/c15-10-5-8(1-4-13(10)21)7-20-12-6-9(14(17,18)19)2-3-11(12)16/h1-6,20-21H,7H2. The van der Waals surface area contributed by atoms with E-state index < -0.39 is 17.6 Å². The average Bonchev–Trinajstić information content (AvgIpc) is 2.40. The summed E-state index contributed by atoms with van der Waals surface area (Å²) in [5.74, 6) is -0.718. The van der Waals surface area contributed by atoms with E-state index in [9.17, 15) is 22.7 Å². The minimum absolute atomic E-state index is 0.0454. The van der Waals surface area contributed by atoms with Gasteiger partial charge in [-0.15, -0.1) is 0 Å². The first kappa shape index (κ1) is 15.6. The number of halogens is 5. The zero-order valence-corrected chi connectivity index (χ0v) is 12.1. The highest BCUT2D eigenvalue weighted by Crippen LogP contribution is 2.32. The molecule has 2 aromatic rings. The van der Waals surface area contributed by atoms with Crippen molar-refractivity contribution in [1.29, 1.82) is 0 Å². The quantitative estimate of drug-likeness (QED) is 0.758. The van der Waals surface area contributed by atoms with Gasteiger partial charge in [0.1, 0.15) is 11.6 Å². The first-order chi connectivity index (χ1) is 9.77. The molecule has 2 aromatic carbocycles. The maximum atomic E-state index is 13.5. The van der Waals surface area contributed by atoms with Crippen LogP contribution in [0.2, 0.25) is 0 Å². The summed E-state index contributed by atoms with van der Waals surface area (Å²) >= 11 is 3.12. The van der Waals surface area contributed by atoms with Crippen LogP contribution in [0.5, 0.6) is 5.75 Å². The molecule has 0 aliphatic rings. The van der Waals surface area contributed by atoms with Crippen LogP contribution in [0, 0.1) is 5.82 Å². The summed E-state index contributed by atoms with van der Waals surface area (Å²) in [5, 5.41) is 12.0. The Balaban J connectivity index is 2.17. The zero-order valence-electron chi connectivity index (χ0n) is 10.5. The number of hydrogen-bond acceptors (Lipinski definition) is 2. The van der Waals surface area contributed by atoms with Gasteiger partial charge in [0.05, 0.1) is 15.7 Å². The van der Waals surface area contributed by atoms with Gasteiger partial charge < -0.3 is 10.4 Å². The lowest BCUT2D eigenvalue weighted by Gasteiger charge is -2.12. The van der Waals surface area contributed by atoms with Gasteiger partial charge in [-0.3, -0.25) is 0 Å². The molecule has 0 saturated carbocycles. The topological polar surface area (TPSA) is 32.3 Å². The summed E-state index contributed by atoms with van der Waals surface area (Å²) < 4.78 is 51.7. The largest absolute Gasteiger partial charge is 0.507 e. The maximum Gasteiger partial charge on any atom is 0.416 e. The van der Waals surface area contributed by atoms with Crippen LogP contribution in [0.15, 0.2) is 40.9 Å². The fraction of sp³-hybridized carbons (Fsp3) is 0.143. The van der Waals surface area contributed by atoms with E-state index in [1.807, 2.05) is 0 Å². The van der Waals surface area contributed by atoms with E-state index in [0.29, 0.717) is 16.1 Å². The molecular weight excluding hydrogens is 354 g/mol. The summed E-state index contributed by atoms with van der Waals surface area (Å²) in [4.78, 5) is 0. The monoisotopic (exact) mass is 363 g/mol. The number of phenols is 1. The highest BCUT2D eigenvalue weighted by molar-refractivity contribution is 9.10. The Hall–Kier alpha value is -1.76. The molecule has 0 bridgehead atoms. The second-order valence-corrected chi connectivity index (χ2v) is 5.19. The van der Waals surface area contributed by atoms with Gasteiger partial charge in [-0.05, 0) is 51.8 Å². The molecule has 2 N–H and O–H groups in total. The summed E-state index contributed by atoms with van der Waals surface area (Å²) in [6.07, 6.45) is -4.52. The lowest BCUT2D eigenvalue weighted by atomic mass is 10.1. The van der Waals surface area contributed by atoms with Gasteiger partial charge in [-0.25, -0.2) is 4.39 Å². The first-order valence-corrected chi connectivity index (χ1v) is 6.64. The molecule has 0 amide bonds. The van der Waals surface area contributed by atoms with Crippen molar-refractivity contribution in [2.75, 3.05) is 5.32 Å². The molecule has 7 heteroatoms. The Morgan fingerprint density at radius 3 is 2.43 bits per heavy atom. The number of nitrogens with one attached hydrogen (secondary N) is 1. The van der Waals surface area contributed by atoms with Crippen molar-refractivity contribution in [2.45, 2.75) is 12.7 Å². The molecule has 0 spiro atoms. The van der Waals surface area contributed by atoms with Crippen molar-refractivity contribution in [3.8, 4) is 5.75 Å².